The molecule has 0 unspecified atom stereocenters. The Morgan fingerprint density at radius 3 is 2.70 bits per heavy atom. The maximum absolute atomic E-state index is 13.5. The molecule has 0 saturated heterocycles. The van der Waals surface area contributed by atoms with E-state index >= 15 is 0 Å². The number of carbonyl (C=O) groups is 1. The average Bonchev–Trinajstić information content (AvgIpc) is 2.29. The molecule has 1 amide bonds. The summed E-state index contributed by atoms with van der Waals surface area (Å²) >= 11 is 0. The highest BCUT2D eigenvalue weighted by Crippen LogP contribution is 2.10. The first kappa shape index (κ1) is 16.0. The molecule has 1 N–H and O–H groups in total. The molecule has 0 aliphatic rings. The van der Waals surface area contributed by atoms with Crippen LogP contribution in [0.5, 0.6) is 0 Å². The van der Waals surface area contributed by atoms with E-state index in [0.29, 0.717) is 18.5 Å². The van der Waals surface area contributed by atoms with Gasteiger partial charge in [-0.1, -0.05) is 24.0 Å². The van der Waals surface area contributed by atoms with Crippen LogP contribution in [0, 0.1) is 24.6 Å². The number of hydrogen-bond donors (Lipinski definition) is 1. The van der Waals surface area contributed by atoms with E-state index in [0.717, 1.165) is 5.56 Å². The van der Waals surface area contributed by atoms with Gasteiger partial charge in [-0.2, -0.15) is 0 Å². The summed E-state index contributed by atoms with van der Waals surface area (Å²) in [5.41, 5.74) is 0.697. The van der Waals surface area contributed by atoms with E-state index in [1.165, 1.54) is 6.07 Å². The third kappa shape index (κ3) is 5.75. The SMILES string of the molecule is Cc1cccc(F)c1C#CCCNC(=O)OC(C)(C)C. The molecule has 0 aliphatic carbocycles. The molecule has 20 heavy (non-hydrogen) atoms. The Hall–Kier alpha value is -2.02. The number of hydrogen-bond acceptors (Lipinski definition) is 2. The molecular weight excluding hydrogens is 257 g/mol. The number of amides is 1. The lowest BCUT2D eigenvalue weighted by atomic mass is 10.1. The molecule has 0 fully saturated rings. The summed E-state index contributed by atoms with van der Waals surface area (Å²) in [5, 5.41) is 2.60. The molecule has 1 aromatic carbocycles. The zero-order valence-corrected chi connectivity index (χ0v) is 12.3. The Kier molecular flexibility index (Phi) is 5.57. The lowest BCUT2D eigenvalue weighted by Gasteiger charge is -2.19. The number of alkyl carbamates (subject to hydrolysis) is 1. The van der Waals surface area contributed by atoms with Gasteiger partial charge in [0.25, 0.3) is 0 Å². The van der Waals surface area contributed by atoms with Gasteiger partial charge in [0.05, 0.1) is 5.56 Å². The van der Waals surface area contributed by atoms with Gasteiger partial charge in [0.2, 0.25) is 0 Å². The van der Waals surface area contributed by atoms with Crippen LogP contribution in [-0.4, -0.2) is 18.2 Å². The molecule has 0 radical (unpaired) electrons. The van der Waals surface area contributed by atoms with Crippen molar-refractivity contribution >= 4 is 6.09 Å². The summed E-state index contributed by atoms with van der Waals surface area (Å²) in [5.74, 6) is 5.31. The van der Waals surface area contributed by atoms with Gasteiger partial charge in [0.1, 0.15) is 11.4 Å². The van der Waals surface area contributed by atoms with Gasteiger partial charge in [-0.3, -0.25) is 0 Å². The normalized spacial score (nSPS) is 10.4. The van der Waals surface area contributed by atoms with Crippen molar-refractivity contribution in [1.82, 2.24) is 5.32 Å². The average molecular weight is 277 g/mol. The van der Waals surface area contributed by atoms with E-state index in [2.05, 4.69) is 17.2 Å². The first-order valence-corrected chi connectivity index (χ1v) is 6.50. The van der Waals surface area contributed by atoms with E-state index in [9.17, 15) is 9.18 Å². The minimum atomic E-state index is -0.514. The van der Waals surface area contributed by atoms with E-state index in [4.69, 9.17) is 4.74 Å². The van der Waals surface area contributed by atoms with Crippen molar-refractivity contribution in [2.24, 2.45) is 0 Å². The fourth-order valence-electron chi connectivity index (χ4n) is 1.48. The molecule has 0 saturated carbocycles. The van der Waals surface area contributed by atoms with Crippen LogP contribution in [0.15, 0.2) is 18.2 Å². The van der Waals surface area contributed by atoms with Crippen LogP contribution in [0.3, 0.4) is 0 Å². The summed E-state index contributed by atoms with van der Waals surface area (Å²) < 4.78 is 18.6. The number of halogens is 1. The molecule has 0 spiro atoms. The van der Waals surface area contributed by atoms with Gasteiger partial charge in [-0.05, 0) is 39.3 Å². The Labute approximate surface area is 119 Å². The quantitative estimate of drug-likeness (QED) is 0.664. The zero-order chi connectivity index (χ0) is 15.2. The van der Waals surface area contributed by atoms with Gasteiger partial charge >= 0.3 is 6.09 Å². The van der Waals surface area contributed by atoms with E-state index < -0.39 is 11.7 Å². The first-order chi connectivity index (χ1) is 9.29. The van der Waals surface area contributed by atoms with E-state index in [1.807, 2.05) is 13.0 Å². The molecule has 4 heteroatoms. The van der Waals surface area contributed by atoms with Gasteiger partial charge < -0.3 is 10.1 Å². The van der Waals surface area contributed by atoms with Crippen LogP contribution in [0.4, 0.5) is 9.18 Å². The van der Waals surface area contributed by atoms with Crippen molar-refractivity contribution in [2.45, 2.75) is 39.7 Å². The smallest absolute Gasteiger partial charge is 0.407 e. The highest BCUT2D eigenvalue weighted by Gasteiger charge is 2.15. The van der Waals surface area contributed by atoms with Crippen molar-refractivity contribution in [3.8, 4) is 11.8 Å². The Morgan fingerprint density at radius 1 is 1.40 bits per heavy atom. The molecule has 1 rings (SSSR count). The van der Waals surface area contributed by atoms with Gasteiger partial charge in [-0.15, -0.1) is 0 Å². The summed E-state index contributed by atoms with van der Waals surface area (Å²) in [7, 11) is 0. The summed E-state index contributed by atoms with van der Waals surface area (Å²) in [6, 6.07) is 4.85. The molecule has 0 aliphatic heterocycles. The molecular formula is C16H20FNO2. The second-order valence-corrected chi connectivity index (χ2v) is 5.41. The lowest BCUT2D eigenvalue weighted by Crippen LogP contribution is -2.32. The molecule has 108 valence electrons. The first-order valence-electron chi connectivity index (χ1n) is 6.50. The van der Waals surface area contributed by atoms with Crippen molar-refractivity contribution in [3.63, 3.8) is 0 Å². The molecule has 0 atom stereocenters. The highest BCUT2D eigenvalue weighted by molar-refractivity contribution is 5.67. The number of rotatable bonds is 2. The van der Waals surface area contributed by atoms with E-state index in [1.54, 1.807) is 26.8 Å². The second kappa shape index (κ2) is 6.95. The minimum Gasteiger partial charge on any atom is -0.444 e. The topological polar surface area (TPSA) is 38.3 Å². The van der Waals surface area contributed by atoms with Crippen LogP contribution < -0.4 is 5.32 Å². The second-order valence-electron chi connectivity index (χ2n) is 5.41. The predicted octanol–water partition coefficient (Wildman–Crippen LogP) is 3.40. The number of nitrogens with one attached hydrogen (secondary N) is 1. The summed E-state index contributed by atoms with van der Waals surface area (Å²) in [4.78, 5) is 11.4. The fraction of sp³-hybridized carbons (Fsp3) is 0.438. The van der Waals surface area contributed by atoms with Gasteiger partial charge in [-0.25, -0.2) is 9.18 Å². The Balaban J connectivity index is 2.43. The molecule has 0 bridgehead atoms. The summed E-state index contributed by atoms with van der Waals surface area (Å²) in [6.45, 7) is 7.58. The predicted molar refractivity (Wildman–Crippen MR) is 76.9 cm³/mol. The molecule has 0 aromatic heterocycles. The van der Waals surface area contributed by atoms with Crippen LogP contribution in [0.1, 0.15) is 38.3 Å². The van der Waals surface area contributed by atoms with Crippen LogP contribution in [0.2, 0.25) is 0 Å². The van der Waals surface area contributed by atoms with Crippen LogP contribution in [-0.2, 0) is 4.74 Å². The number of aryl methyl sites for hydroxylation is 1. The highest BCUT2D eigenvalue weighted by atomic mass is 19.1. The maximum Gasteiger partial charge on any atom is 0.407 e. The standard InChI is InChI=1S/C16H20FNO2/c1-12-8-7-10-14(17)13(12)9-5-6-11-18-15(19)20-16(2,3)4/h7-8,10H,6,11H2,1-4H3,(H,18,19). The van der Waals surface area contributed by atoms with Gasteiger partial charge in [0, 0.05) is 13.0 Å². The minimum absolute atomic E-state index is 0.322. The Bertz CT molecular complexity index is 515. The monoisotopic (exact) mass is 277 g/mol. The number of benzene rings is 1. The molecule has 0 heterocycles. The zero-order valence-electron chi connectivity index (χ0n) is 12.3. The maximum atomic E-state index is 13.5. The largest absolute Gasteiger partial charge is 0.444 e. The third-order valence-electron chi connectivity index (χ3n) is 2.35. The fourth-order valence-corrected chi connectivity index (χ4v) is 1.48. The Morgan fingerprint density at radius 2 is 2.10 bits per heavy atom. The molecule has 3 nitrogen and oxygen atoms in total. The van der Waals surface area contributed by atoms with Crippen LogP contribution >= 0.6 is 0 Å². The van der Waals surface area contributed by atoms with Crippen molar-refractivity contribution < 1.29 is 13.9 Å². The summed E-state index contributed by atoms with van der Waals surface area (Å²) in [6.07, 6.45) is -0.0334. The number of carbonyl (C=O) groups excluding carboxylic acids is 1. The third-order valence-corrected chi connectivity index (χ3v) is 2.35. The molecule has 1 aromatic rings. The van der Waals surface area contributed by atoms with Crippen molar-refractivity contribution in [2.75, 3.05) is 6.54 Å². The van der Waals surface area contributed by atoms with Gasteiger partial charge in [0.15, 0.2) is 0 Å². The van der Waals surface area contributed by atoms with Crippen molar-refractivity contribution in [3.05, 3.63) is 35.1 Å². The van der Waals surface area contributed by atoms with Crippen LogP contribution in [0.25, 0.3) is 0 Å². The number of ether oxygens (including phenoxy) is 1. The van der Waals surface area contributed by atoms with Crippen molar-refractivity contribution in [1.29, 1.82) is 0 Å². The lowest BCUT2D eigenvalue weighted by molar-refractivity contribution is 0.0529. The van der Waals surface area contributed by atoms with E-state index in [-0.39, 0.29) is 5.82 Å².